The zero-order chi connectivity index (χ0) is 17.4. The highest BCUT2D eigenvalue weighted by molar-refractivity contribution is 5.79. The van der Waals surface area contributed by atoms with E-state index in [0.29, 0.717) is 12.0 Å². The molecule has 1 aromatic heterocycles. The van der Waals surface area contributed by atoms with Crippen molar-refractivity contribution in [1.29, 1.82) is 0 Å². The van der Waals surface area contributed by atoms with E-state index in [1.54, 1.807) is 7.11 Å². The molecule has 1 aromatic rings. The van der Waals surface area contributed by atoms with Crippen LogP contribution in [0.1, 0.15) is 50.7 Å². The lowest BCUT2D eigenvalue weighted by atomic mass is 9.83. The molecule has 0 atom stereocenters. The summed E-state index contributed by atoms with van der Waals surface area (Å²) in [6.07, 6.45) is 6.28. The van der Waals surface area contributed by atoms with Gasteiger partial charge in [-0.2, -0.15) is 0 Å². The van der Waals surface area contributed by atoms with E-state index in [4.69, 9.17) is 4.74 Å². The molecule has 1 fully saturated rings. The molecule has 0 amide bonds. The lowest BCUT2D eigenvalue weighted by molar-refractivity contribution is 0.138. The fourth-order valence-corrected chi connectivity index (χ4v) is 3.31. The van der Waals surface area contributed by atoms with E-state index in [1.807, 2.05) is 18.5 Å². The molecule has 24 heavy (non-hydrogen) atoms. The van der Waals surface area contributed by atoms with E-state index in [-0.39, 0.29) is 0 Å². The van der Waals surface area contributed by atoms with Crippen molar-refractivity contribution in [3.63, 3.8) is 0 Å². The predicted octanol–water partition coefficient (Wildman–Crippen LogP) is 1.78. The van der Waals surface area contributed by atoms with E-state index < -0.39 is 0 Å². The van der Waals surface area contributed by atoms with Gasteiger partial charge in [-0.15, -0.1) is 10.2 Å². The van der Waals surface area contributed by atoms with Crippen LogP contribution in [0.15, 0.2) is 4.99 Å². The van der Waals surface area contributed by atoms with Crippen LogP contribution in [0.25, 0.3) is 0 Å². The number of nitrogens with zero attached hydrogens (tertiary/aromatic N) is 4. The largest absolute Gasteiger partial charge is 0.385 e. The molecule has 1 saturated carbocycles. The molecule has 0 aliphatic heterocycles. The molecule has 0 saturated heterocycles. The van der Waals surface area contributed by atoms with Crippen LogP contribution in [0.5, 0.6) is 0 Å². The van der Waals surface area contributed by atoms with Crippen molar-refractivity contribution < 1.29 is 4.74 Å². The van der Waals surface area contributed by atoms with Crippen LogP contribution in [0.4, 0.5) is 0 Å². The molecule has 2 N–H and O–H groups in total. The molecule has 1 aliphatic carbocycles. The highest BCUT2D eigenvalue weighted by atomic mass is 16.5. The Labute approximate surface area is 145 Å². The summed E-state index contributed by atoms with van der Waals surface area (Å²) in [5.41, 5.74) is 0.341. The average Bonchev–Trinajstić information content (AvgIpc) is 3.17. The molecule has 1 aliphatic rings. The highest BCUT2D eigenvalue weighted by Gasteiger charge is 2.33. The lowest BCUT2D eigenvalue weighted by Gasteiger charge is -2.30. The van der Waals surface area contributed by atoms with Crippen molar-refractivity contribution in [2.24, 2.45) is 17.5 Å². The Morgan fingerprint density at radius 1 is 1.29 bits per heavy atom. The number of guanidine groups is 1. The zero-order valence-electron chi connectivity index (χ0n) is 15.6. The fraction of sp³-hybridized carbons (Fsp3) is 0.824. The average molecular weight is 336 g/mol. The predicted molar refractivity (Wildman–Crippen MR) is 96.0 cm³/mol. The van der Waals surface area contributed by atoms with Gasteiger partial charge < -0.3 is 19.9 Å². The SMILES string of the molecule is CCNC(=NCc1nnc(C)n1C)NCC1(CCOC)CCCC1. The number of hydrogen-bond donors (Lipinski definition) is 2. The summed E-state index contributed by atoms with van der Waals surface area (Å²) in [6, 6.07) is 0. The molecule has 1 heterocycles. The number of aromatic nitrogens is 3. The van der Waals surface area contributed by atoms with Crippen LogP contribution in [0, 0.1) is 12.3 Å². The number of hydrogen-bond acceptors (Lipinski definition) is 4. The van der Waals surface area contributed by atoms with Crippen LogP contribution in [0.2, 0.25) is 0 Å². The van der Waals surface area contributed by atoms with Gasteiger partial charge in [-0.1, -0.05) is 12.8 Å². The first-order valence-electron chi connectivity index (χ1n) is 8.96. The van der Waals surface area contributed by atoms with Crippen molar-refractivity contribution >= 4 is 5.96 Å². The Kier molecular flexibility index (Phi) is 7.02. The summed E-state index contributed by atoms with van der Waals surface area (Å²) in [4.78, 5) is 4.67. The molecule has 7 heteroatoms. The second-order valence-electron chi connectivity index (χ2n) is 6.72. The lowest BCUT2D eigenvalue weighted by Crippen LogP contribution is -2.43. The second kappa shape index (κ2) is 9.01. The summed E-state index contributed by atoms with van der Waals surface area (Å²) in [5.74, 6) is 2.63. The fourth-order valence-electron chi connectivity index (χ4n) is 3.31. The summed E-state index contributed by atoms with van der Waals surface area (Å²) in [5, 5.41) is 15.1. The van der Waals surface area contributed by atoms with E-state index in [9.17, 15) is 0 Å². The number of methoxy groups -OCH3 is 1. The highest BCUT2D eigenvalue weighted by Crippen LogP contribution is 2.40. The van der Waals surface area contributed by atoms with E-state index in [0.717, 1.165) is 43.7 Å². The molecule has 0 unspecified atom stereocenters. The summed E-state index contributed by atoms with van der Waals surface area (Å²) < 4.78 is 7.29. The first-order chi connectivity index (χ1) is 11.6. The molecule has 0 bridgehead atoms. The number of aryl methyl sites for hydroxylation is 1. The molecule has 7 nitrogen and oxygen atoms in total. The van der Waals surface area contributed by atoms with Crippen molar-refractivity contribution in [1.82, 2.24) is 25.4 Å². The molecule has 136 valence electrons. The third-order valence-corrected chi connectivity index (χ3v) is 5.04. The van der Waals surface area contributed by atoms with Crippen LogP contribution < -0.4 is 10.6 Å². The third kappa shape index (κ3) is 4.93. The van der Waals surface area contributed by atoms with Crippen molar-refractivity contribution in [3.8, 4) is 0 Å². The minimum atomic E-state index is 0.341. The van der Waals surface area contributed by atoms with Gasteiger partial charge in [0.2, 0.25) is 0 Å². The maximum absolute atomic E-state index is 5.31. The zero-order valence-corrected chi connectivity index (χ0v) is 15.6. The Hall–Kier alpha value is -1.63. The van der Waals surface area contributed by atoms with Gasteiger partial charge in [-0.25, -0.2) is 4.99 Å². The van der Waals surface area contributed by atoms with Crippen molar-refractivity contribution in [2.45, 2.75) is 52.5 Å². The van der Waals surface area contributed by atoms with E-state index in [2.05, 4.69) is 32.7 Å². The first-order valence-corrected chi connectivity index (χ1v) is 8.96. The Morgan fingerprint density at radius 3 is 2.62 bits per heavy atom. The summed E-state index contributed by atoms with van der Waals surface area (Å²) in [7, 11) is 3.75. The first kappa shape index (κ1) is 18.7. The maximum atomic E-state index is 5.31. The summed E-state index contributed by atoms with van der Waals surface area (Å²) >= 11 is 0. The van der Waals surface area contributed by atoms with Gasteiger partial charge in [-0.05, 0) is 38.5 Å². The van der Waals surface area contributed by atoms with E-state index in [1.165, 1.54) is 25.7 Å². The van der Waals surface area contributed by atoms with Gasteiger partial charge in [0.1, 0.15) is 12.4 Å². The van der Waals surface area contributed by atoms with Crippen LogP contribution in [0.3, 0.4) is 0 Å². The maximum Gasteiger partial charge on any atom is 0.191 e. The van der Waals surface area contributed by atoms with Crippen LogP contribution in [-0.4, -0.2) is 47.5 Å². The van der Waals surface area contributed by atoms with Crippen LogP contribution in [-0.2, 0) is 18.3 Å². The monoisotopic (exact) mass is 336 g/mol. The van der Waals surface area contributed by atoms with Crippen molar-refractivity contribution in [3.05, 3.63) is 11.6 Å². The number of rotatable bonds is 8. The van der Waals surface area contributed by atoms with Gasteiger partial charge in [0.05, 0.1) is 0 Å². The minimum absolute atomic E-state index is 0.341. The Morgan fingerprint density at radius 2 is 2.04 bits per heavy atom. The molecule has 2 rings (SSSR count). The quantitative estimate of drug-likeness (QED) is 0.559. The third-order valence-electron chi connectivity index (χ3n) is 5.04. The van der Waals surface area contributed by atoms with Gasteiger partial charge in [0.25, 0.3) is 0 Å². The number of nitrogens with one attached hydrogen (secondary N) is 2. The smallest absolute Gasteiger partial charge is 0.191 e. The molecular weight excluding hydrogens is 304 g/mol. The molecule has 0 radical (unpaired) electrons. The van der Waals surface area contributed by atoms with Crippen molar-refractivity contribution in [2.75, 3.05) is 26.8 Å². The van der Waals surface area contributed by atoms with Crippen LogP contribution >= 0.6 is 0 Å². The number of aliphatic imine (C=N–C) groups is 1. The number of ether oxygens (including phenoxy) is 1. The van der Waals surface area contributed by atoms with Gasteiger partial charge >= 0.3 is 0 Å². The standard InChI is InChI=1S/C17H32N6O/c1-5-18-16(19-12-15-22-21-14(2)23(15)3)20-13-17(10-11-24-4)8-6-7-9-17/h5-13H2,1-4H3,(H2,18,19,20). The Bertz CT molecular complexity index is 533. The van der Waals surface area contributed by atoms with Gasteiger partial charge in [0, 0.05) is 33.9 Å². The summed E-state index contributed by atoms with van der Waals surface area (Å²) in [6.45, 7) is 7.17. The second-order valence-corrected chi connectivity index (χ2v) is 6.72. The topological polar surface area (TPSA) is 76.4 Å². The normalized spacial score (nSPS) is 17.2. The molecule has 0 aromatic carbocycles. The minimum Gasteiger partial charge on any atom is -0.385 e. The molecule has 0 spiro atoms. The Balaban J connectivity index is 1.96. The van der Waals surface area contributed by atoms with Gasteiger partial charge in [-0.3, -0.25) is 0 Å². The van der Waals surface area contributed by atoms with Gasteiger partial charge in [0.15, 0.2) is 11.8 Å². The molecular formula is C17H32N6O. The van der Waals surface area contributed by atoms with E-state index >= 15 is 0 Å².